The Morgan fingerprint density at radius 3 is 2.37 bits per heavy atom. The number of amides is 1. The predicted molar refractivity (Wildman–Crippen MR) is 100 cm³/mol. The summed E-state index contributed by atoms with van der Waals surface area (Å²) < 4.78 is 15.1. The lowest BCUT2D eigenvalue weighted by molar-refractivity contribution is -0.158. The molecule has 1 N–H and O–H groups in total. The molecule has 0 spiro atoms. The van der Waals surface area contributed by atoms with E-state index in [1.165, 1.54) is 0 Å². The molecule has 0 heterocycles. The molecule has 8 heteroatoms. The van der Waals surface area contributed by atoms with Gasteiger partial charge in [-0.25, -0.2) is 9.59 Å². The van der Waals surface area contributed by atoms with Gasteiger partial charge in [-0.3, -0.25) is 4.79 Å². The van der Waals surface area contributed by atoms with Crippen molar-refractivity contribution in [3.63, 3.8) is 0 Å². The number of hydrogen-bond donors (Lipinski definition) is 1. The van der Waals surface area contributed by atoms with Gasteiger partial charge in [0.05, 0.1) is 0 Å². The summed E-state index contributed by atoms with van der Waals surface area (Å²) in [7, 11) is 0. The summed E-state index contributed by atoms with van der Waals surface area (Å²) >= 11 is 5.34. The Morgan fingerprint density at radius 1 is 1.11 bits per heavy atom. The van der Waals surface area contributed by atoms with E-state index in [1.807, 2.05) is 30.3 Å². The molecule has 1 aromatic rings. The Morgan fingerprint density at radius 2 is 1.78 bits per heavy atom. The Labute approximate surface area is 164 Å². The molecule has 7 nitrogen and oxygen atoms in total. The highest BCUT2D eigenvalue weighted by Crippen LogP contribution is 2.12. The molecule has 0 radical (unpaired) electrons. The number of halogens is 1. The van der Waals surface area contributed by atoms with Gasteiger partial charge in [0.1, 0.15) is 18.2 Å². The molecule has 1 amide bonds. The quantitative estimate of drug-likeness (QED) is 0.388. The number of alkyl carbamates (subject to hydrolysis) is 1. The third-order valence-electron chi connectivity index (χ3n) is 3.29. The van der Waals surface area contributed by atoms with Crippen LogP contribution in [-0.4, -0.2) is 35.7 Å². The molecule has 0 aliphatic heterocycles. The zero-order chi connectivity index (χ0) is 20.3. The van der Waals surface area contributed by atoms with Crippen molar-refractivity contribution in [2.24, 2.45) is 0 Å². The fourth-order valence-electron chi connectivity index (χ4n) is 2.12. The van der Waals surface area contributed by atoms with Crippen molar-refractivity contribution >= 4 is 29.6 Å². The SMILES string of the molecule is CC(C)(C)OC(=O)[C@H](CCCC(=O)OCc1ccccc1)NC(=O)OCCl. The molecule has 1 rings (SSSR count). The fraction of sp³-hybridized carbons (Fsp3) is 0.526. The predicted octanol–water partition coefficient (Wildman–Crippen LogP) is 3.53. The summed E-state index contributed by atoms with van der Waals surface area (Å²) in [6, 6.07) is 8.04. The number of hydrogen-bond acceptors (Lipinski definition) is 6. The molecule has 0 aromatic heterocycles. The second kappa shape index (κ2) is 11.4. The Kier molecular flexibility index (Phi) is 9.64. The van der Waals surface area contributed by atoms with E-state index in [9.17, 15) is 14.4 Å². The number of esters is 2. The van der Waals surface area contributed by atoms with Crippen LogP contribution >= 0.6 is 11.6 Å². The normalized spacial score (nSPS) is 12.0. The van der Waals surface area contributed by atoms with Crippen LogP contribution in [0, 0.1) is 0 Å². The molecule has 1 atom stereocenters. The highest BCUT2D eigenvalue weighted by atomic mass is 35.5. The lowest BCUT2D eigenvalue weighted by atomic mass is 10.1. The molecule has 0 bridgehead atoms. The first-order valence-corrected chi connectivity index (χ1v) is 9.16. The first-order valence-electron chi connectivity index (χ1n) is 8.63. The number of nitrogens with one attached hydrogen (secondary N) is 1. The van der Waals surface area contributed by atoms with E-state index in [0.717, 1.165) is 5.56 Å². The average molecular weight is 400 g/mol. The smallest absolute Gasteiger partial charge is 0.409 e. The van der Waals surface area contributed by atoms with Crippen LogP contribution in [0.3, 0.4) is 0 Å². The molecular weight excluding hydrogens is 374 g/mol. The van der Waals surface area contributed by atoms with Gasteiger partial charge in [-0.1, -0.05) is 41.9 Å². The van der Waals surface area contributed by atoms with Crippen LogP contribution in [0.5, 0.6) is 0 Å². The molecule has 1 aromatic carbocycles. The molecule has 27 heavy (non-hydrogen) atoms. The van der Waals surface area contributed by atoms with Gasteiger partial charge in [0, 0.05) is 6.42 Å². The van der Waals surface area contributed by atoms with Gasteiger partial charge < -0.3 is 19.5 Å². The summed E-state index contributed by atoms with van der Waals surface area (Å²) in [6.07, 6.45) is -0.184. The zero-order valence-electron chi connectivity index (χ0n) is 15.8. The summed E-state index contributed by atoms with van der Waals surface area (Å²) in [5, 5.41) is 2.40. The van der Waals surface area contributed by atoms with Crippen molar-refractivity contribution < 1.29 is 28.6 Å². The van der Waals surface area contributed by atoms with Crippen LogP contribution in [-0.2, 0) is 30.4 Å². The third kappa shape index (κ3) is 10.5. The van der Waals surface area contributed by atoms with Crippen molar-refractivity contribution in [3.05, 3.63) is 35.9 Å². The summed E-state index contributed by atoms with van der Waals surface area (Å²) in [5.41, 5.74) is 0.185. The largest absolute Gasteiger partial charge is 0.461 e. The minimum atomic E-state index is -0.943. The number of ether oxygens (including phenoxy) is 3. The summed E-state index contributed by atoms with van der Waals surface area (Å²) in [5.74, 6) is -0.989. The highest BCUT2D eigenvalue weighted by molar-refractivity contribution is 6.17. The van der Waals surface area contributed by atoms with E-state index < -0.39 is 23.7 Å². The zero-order valence-corrected chi connectivity index (χ0v) is 16.6. The molecule has 150 valence electrons. The van der Waals surface area contributed by atoms with Gasteiger partial charge in [0.15, 0.2) is 6.07 Å². The maximum atomic E-state index is 12.2. The summed E-state index contributed by atoms with van der Waals surface area (Å²) in [6.45, 7) is 5.36. The Bertz CT molecular complexity index is 614. The van der Waals surface area contributed by atoms with Crippen molar-refractivity contribution in [3.8, 4) is 0 Å². The van der Waals surface area contributed by atoms with Crippen LogP contribution in [0.1, 0.15) is 45.6 Å². The van der Waals surface area contributed by atoms with E-state index in [-0.39, 0.29) is 31.5 Å². The lowest BCUT2D eigenvalue weighted by Gasteiger charge is -2.24. The van der Waals surface area contributed by atoms with Crippen LogP contribution in [0.15, 0.2) is 30.3 Å². The number of carbonyl (C=O) groups is 3. The van der Waals surface area contributed by atoms with Gasteiger partial charge in [0.25, 0.3) is 0 Å². The molecule has 0 aliphatic rings. The van der Waals surface area contributed by atoms with Gasteiger partial charge >= 0.3 is 18.0 Å². The van der Waals surface area contributed by atoms with Crippen LogP contribution in [0.2, 0.25) is 0 Å². The van der Waals surface area contributed by atoms with Gasteiger partial charge in [0.2, 0.25) is 0 Å². The maximum Gasteiger partial charge on any atom is 0.409 e. The van der Waals surface area contributed by atoms with E-state index >= 15 is 0 Å². The van der Waals surface area contributed by atoms with E-state index in [2.05, 4.69) is 10.1 Å². The fourth-order valence-corrected chi connectivity index (χ4v) is 2.22. The van der Waals surface area contributed by atoms with E-state index in [1.54, 1.807) is 20.8 Å². The molecule has 0 fully saturated rings. The lowest BCUT2D eigenvalue weighted by Crippen LogP contribution is -2.44. The monoisotopic (exact) mass is 399 g/mol. The molecule has 0 aliphatic carbocycles. The summed E-state index contributed by atoms with van der Waals surface area (Å²) in [4.78, 5) is 35.7. The van der Waals surface area contributed by atoms with Crippen molar-refractivity contribution in [1.82, 2.24) is 5.32 Å². The highest BCUT2D eigenvalue weighted by Gasteiger charge is 2.27. The number of alkyl halides is 1. The first kappa shape index (κ1) is 22.8. The van der Waals surface area contributed by atoms with Crippen molar-refractivity contribution in [2.45, 2.75) is 58.3 Å². The number of rotatable bonds is 9. The Hall–Kier alpha value is -2.28. The van der Waals surface area contributed by atoms with Crippen molar-refractivity contribution in [2.75, 3.05) is 6.07 Å². The number of benzene rings is 1. The van der Waals surface area contributed by atoms with E-state index in [0.29, 0.717) is 6.42 Å². The maximum absolute atomic E-state index is 12.2. The van der Waals surface area contributed by atoms with Gasteiger partial charge in [-0.2, -0.15) is 0 Å². The molecular formula is C19H26ClNO6. The van der Waals surface area contributed by atoms with Crippen LogP contribution < -0.4 is 5.32 Å². The molecule has 0 saturated heterocycles. The molecule has 0 unspecified atom stereocenters. The van der Waals surface area contributed by atoms with Crippen LogP contribution in [0.25, 0.3) is 0 Å². The van der Waals surface area contributed by atoms with Gasteiger partial charge in [-0.15, -0.1) is 0 Å². The van der Waals surface area contributed by atoms with E-state index in [4.69, 9.17) is 21.1 Å². The van der Waals surface area contributed by atoms with Gasteiger partial charge in [-0.05, 0) is 39.2 Å². The third-order valence-corrected chi connectivity index (χ3v) is 3.39. The first-order chi connectivity index (χ1) is 12.7. The number of carbonyl (C=O) groups excluding carboxylic acids is 3. The minimum absolute atomic E-state index is 0.109. The molecule has 0 saturated carbocycles. The van der Waals surface area contributed by atoms with Crippen molar-refractivity contribution in [1.29, 1.82) is 0 Å². The minimum Gasteiger partial charge on any atom is -0.461 e. The Balaban J connectivity index is 2.47. The second-order valence-corrected chi connectivity index (χ2v) is 7.03. The average Bonchev–Trinajstić information content (AvgIpc) is 2.58. The standard InChI is InChI=1S/C19H26ClNO6/c1-19(2,3)27-17(23)15(21-18(24)26-13-20)10-7-11-16(22)25-12-14-8-5-4-6-9-14/h4-6,8-9,15H,7,10-13H2,1-3H3,(H,21,24)/t15-/m0/s1. The topological polar surface area (TPSA) is 90.9 Å². The van der Waals surface area contributed by atoms with Crippen LogP contribution in [0.4, 0.5) is 4.79 Å². The second-order valence-electron chi connectivity index (χ2n) is 6.81.